The number of carbonyl (C=O) groups excluding carboxylic acids is 2. The van der Waals surface area contributed by atoms with Gasteiger partial charge in [-0.2, -0.15) is 10.2 Å². The predicted molar refractivity (Wildman–Crippen MR) is 196 cm³/mol. The first-order chi connectivity index (χ1) is 25.0. The summed E-state index contributed by atoms with van der Waals surface area (Å²) in [4.78, 5) is 39.0. The molecule has 2 amide bonds. The van der Waals surface area contributed by atoms with Gasteiger partial charge in [0.05, 0.1) is 29.2 Å². The topological polar surface area (TPSA) is 147 Å². The maximum absolute atomic E-state index is 13.9. The van der Waals surface area contributed by atoms with Crippen LogP contribution in [-0.4, -0.2) is 83.1 Å². The lowest BCUT2D eigenvalue weighted by atomic mass is 9.60. The van der Waals surface area contributed by atoms with E-state index in [0.29, 0.717) is 60.0 Å². The van der Waals surface area contributed by atoms with Gasteiger partial charge in [0.2, 0.25) is 0 Å². The molecule has 270 valence electrons. The van der Waals surface area contributed by atoms with Crippen molar-refractivity contribution >= 4 is 28.9 Å². The van der Waals surface area contributed by atoms with E-state index in [2.05, 4.69) is 15.1 Å². The van der Waals surface area contributed by atoms with E-state index in [4.69, 9.17) is 20.3 Å². The molecule has 1 saturated carbocycles. The predicted octanol–water partition coefficient (Wildman–Crippen LogP) is 6.89. The van der Waals surface area contributed by atoms with Gasteiger partial charge in [-0.15, -0.1) is 0 Å². The molecule has 5 heterocycles. The number of likely N-dealkylation sites (tertiary alicyclic amines) is 2. The van der Waals surface area contributed by atoms with Crippen molar-refractivity contribution in [2.75, 3.05) is 31.9 Å². The van der Waals surface area contributed by atoms with Crippen molar-refractivity contribution in [2.24, 2.45) is 5.41 Å². The van der Waals surface area contributed by atoms with Crippen LogP contribution >= 0.6 is 0 Å². The van der Waals surface area contributed by atoms with Gasteiger partial charge in [-0.1, -0.05) is 18.2 Å². The molecule has 2 N–H and O–H groups in total. The highest BCUT2D eigenvalue weighted by molar-refractivity contribution is 5.98. The Bertz CT molecular complexity index is 2070. The molecule has 2 aliphatic heterocycles. The zero-order valence-electron chi connectivity index (χ0n) is 29.9. The standard InChI is InChI=1S/C39H45N9O4/c1-38(2,3)52-37(50)45-18-15-39(16-19-45)20-29(21-39)47-23-27(22-43-47)36(49)46-17-7-8-28(24-46)48-35-32(34(40)41-25-42-35)33(44-48)26-11-13-31(14-12-26)51-30-9-5-4-6-10-30/h4-6,9-14,22-23,25,28-29H,7-8,15-21,24H2,1-3H3,(H2,40,41,42)/t28-/m1/s1. The molecular weight excluding hydrogens is 658 g/mol. The molecule has 3 fully saturated rings. The molecular formula is C39H45N9O4. The average molecular weight is 704 g/mol. The van der Waals surface area contributed by atoms with E-state index in [1.807, 2.05) is 101 Å². The second kappa shape index (κ2) is 13.3. The summed E-state index contributed by atoms with van der Waals surface area (Å²) < 4.78 is 15.4. The van der Waals surface area contributed by atoms with Crippen LogP contribution in [0.25, 0.3) is 22.3 Å². The van der Waals surface area contributed by atoms with E-state index in [9.17, 15) is 9.59 Å². The van der Waals surface area contributed by atoms with Crippen molar-refractivity contribution in [3.8, 4) is 22.8 Å². The van der Waals surface area contributed by atoms with Crippen LogP contribution in [-0.2, 0) is 4.74 Å². The number of nitrogens with two attached hydrogens (primary N) is 1. The Balaban J connectivity index is 0.929. The largest absolute Gasteiger partial charge is 0.457 e. The normalized spacial score (nSPS) is 19.1. The number of para-hydroxylation sites is 1. The Morgan fingerprint density at radius 2 is 1.63 bits per heavy atom. The summed E-state index contributed by atoms with van der Waals surface area (Å²) in [5.41, 5.74) is 8.95. The highest BCUT2D eigenvalue weighted by Gasteiger charge is 2.48. The van der Waals surface area contributed by atoms with E-state index in [0.717, 1.165) is 49.8 Å². The molecule has 2 aromatic carbocycles. The maximum atomic E-state index is 13.9. The van der Waals surface area contributed by atoms with Gasteiger partial charge in [0, 0.05) is 37.9 Å². The first-order valence-electron chi connectivity index (χ1n) is 18.2. The van der Waals surface area contributed by atoms with E-state index >= 15 is 0 Å². The fourth-order valence-electron chi connectivity index (χ4n) is 7.95. The third kappa shape index (κ3) is 6.67. The number of ether oxygens (including phenoxy) is 2. The molecule has 3 aliphatic rings. The molecule has 13 nitrogen and oxygen atoms in total. The number of benzene rings is 2. The van der Waals surface area contributed by atoms with Crippen molar-refractivity contribution in [1.82, 2.24) is 39.3 Å². The second-order valence-electron chi connectivity index (χ2n) is 15.5. The number of amides is 2. The van der Waals surface area contributed by atoms with E-state index < -0.39 is 5.60 Å². The minimum absolute atomic E-state index is 0.0320. The van der Waals surface area contributed by atoms with E-state index in [1.165, 1.54) is 6.33 Å². The van der Waals surface area contributed by atoms with Crippen LogP contribution < -0.4 is 10.5 Å². The average Bonchev–Trinajstić information content (AvgIpc) is 3.77. The number of hydrogen-bond acceptors (Lipinski definition) is 9. The van der Waals surface area contributed by atoms with Gasteiger partial charge in [0.1, 0.15) is 34.9 Å². The van der Waals surface area contributed by atoms with Crippen molar-refractivity contribution in [3.05, 3.63) is 78.9 Å². The summed E-state index contributed by atoms with van der Waals surface area (Å²) in [7, 11) is 0. The highest BCUT2D eigenvalue weighted by Crippen LogP contribution is 2.54. The number of aromatic nitrogens is 6. The molecule has 1 spiro atoms. The van der Waals surface area contributed by atoms with Crippen LogP contribution in [0.15, 0.2) is 73.3 Å². The summed E-state index contributed by atoms with van der Waals surface area (Å²) in [6.07, 6.45) is 10.4. The summed E-state index contributed by atoms with van der Waals surface area (Å²) in [5.74, 6) is 1.80. The summed E-state index contributed by atoms with van der Waals surface area (Å²) in [6.45, 7) is 8.26. The van der Waals surface area contributed by atoms with Crippen LogP contribution in [0, 0.1) is 5.41 Å². The Morgan fingerprint density at radius 1 is 0.904 bits per heavy atom. The quantitative estimate of drug-likeness (QED) is 0.200. The van der Waals surface area contributed by atoms with Crippen molar-refractivity contribution in [1.29, 1.82) is 0 Å². The van der Waals surface area contributed by atoms with Gasteiger partial charge < -0.3 is 25.0 Å². The number of nitrogen functional groups attached to an aromatic ring is 1. The Labute approximate surface area is 302 Å². The first kappa shape index (κ1) is 33.7. The Morgan fingerprint density at radius 3 is 2.37 bits per heavy atom. The molecule has 3 aromatic heterocycles. The van der Waals surface area contributed by atoms with Gasteiger partial charge >= 0.3 is 6.09 Å². The molecule has 0 bridgehead atoms. The maximum Gasteiger partial charge on any atom is 0.410 e. The van der Waals surface area contributed by atoms with Gasteiger partial charge in [-0.05, 0) is 101 Å². The Hall–Kier alpha value is -5.46. The Kier molecular flexibility index (Phi) is 8.59. The van der Waals surface area contributed by atoms with Crippen LogP contribution in [0.4, 0.5) is 10.6 Å². The lowest BCUT2D eigenvalue weighted by Gasteiger charge is -2.52. The molecule has 5 aromatic rings. The number of rotatable bonds is 6. The van der Waals surface area contributed by atoms with Crippen LogP contribution in [0.1, 0.15) is 81.7 Å². The van der Waals surface area contributed by atoms with Gasteiger partial charge in [0.25, 0.3) is 5.91 Å². The third-order valence-electron chi connectivity index (χ3n) is 10.7. The minimum atomic E-state index is -0.494. The lowest BCUT2D eigenvalue weighted by molar-refractivity contribution is -0.0258. The molecule has 8 rings (SSSR count). The molecule has 1 atom stereocenters. The molecule has 52 heavy (non-hydrogen) atoms. The fourth-order valence-corrected chi connectivity index (χ4v) is 7.95. The number of fused-ring (bicyclic) bond motifs is 1. The number of nitrogens with zero attached hydrogens (tertiary/aromatic N) is 8. The highest BCUT2D eigenvalue weighted by atomic mass is 16.6. The van der Waals surface area contributed by atoms with Crippen molar-refractivity contribution in [2.45, 2.75) is 77.0 Å². The van der Waals surface area contributed by atoms with E-state index in [-0.39, 0.29) is 29.5 Å². The van der Waals surface area contributed by atoms with Gasteiger partial charge in [-0.3, -0.25) is 9.48 Å². The van der Waals surface area contributed by atoms with Gasteiger partial charge in [-0.25, -0.2) is 19.4 Å². The van der Waals surface area contributed by atoms with Crippen molar-refractivity contribution in [3.63, 3.8) is 0 Å². The van der Waals surface area contributed by atoms with Crippen LogP contribution in [0.5, 0.6) is 11.5 Å². The summed E-state index contributed by atoms with van der Waals surface area (Å²) >= 11 is 0. The molecule has 1 aliphatic carbocycles. The number of hydrogen-bond donors (Lipinski definition) is 1. The zero-order chi connectivity index (χ0) is 36.0. The van der Waals surface area contributed by atoms with E-state index in [1.54, 1.807) is 6.20 Å². The SMILES string of the molecule is CC(C)(C)OC(=O)N1CCC2(CC1)CC(n1cc(C(=O)N3CCC[C@@H](n4nc(-c5ccc(Oc6ccccc6)cc5)c5c(N)ncnc54)C3)cn1)C2. The number of anilines is 1. The molecule has 0 radical (unpaired) electrons. The minimum Gasteiger partial charge on any atom is -0.457 e. The molecule has 13 heteroatoms. The lowest BCUT2D eigenvalue weighted by Crippen LogP contribution is -2.50. The molecule has 0 unspecified atom stereocenters. The molecule has 2 saturated heterocycles. The van der Waals surface area contributed by atoms with Crippen LogP contribution in [0.2, 0.25) is 0 Å². The fraction of sp³-hybridized carbons (Fsp3) is 0.436. The second-order valence-corrected chi connectivity index (χ2v) is 15.5. The first-order valence-corrected chi connectivity index (χ1v) is 18.2. The number of piperidine rings is 2. The zero-order valence-corrected chi connectivity index (χ0v) is 29.9. The summed E-state index contributed by atoms with van der Waals surface area (Å²) in [5, 5.41) is 10.4. The van der Waals surface area contributed by atoms with Gasteiger partial charge in [0.15, 0.2) is 5.65 Å². The van der Waals surface area contributed by atoms with Crippen molar-refractivity contribution < 1.29 is 19.1 Å². The number of carbonyl (C=O) groups is 2. The smallest absolute Gasteiger partial charge is 0.410 e. The van der Waals surface area contributed by atoms with Crippen LogP contribution in [0.3, 0.4) is 0 Å². The summed E-state index contributed by atoms with van der Waals surface area (Å²) in [6, 6.07) is 17.6. The monoisotopic (exact) mass is 703 g/mol. The third-order valence-corrected chi connectivity index (χ3v) is 10.7.